The molecule has 0 unspecified atom stereocenters. The second kappa shape index (κ2) is 7.23. The van der Waals surface area contributed by atoms with E-state index in [4.69, 9.17) is 5.73 Å². The summed E-state index contributed by atoms with van der Waals surface area (Å²) in [7, 11) is 0. The number of carbonyl (C=O) groups excluding carboxylic acids is 1. The fourth-order valence-electron chi connectivity index (χ4n) is 2.93. The summed E-state index contributed by atoms with van der Waals surface area (Å²) < 4.78 is 0. The van der Waals surface area contributed by atoms with Crippen LogP contribution in [0.5, 0.6) is 11.5 Å². The van der Waals surface area contributed by atoms with Crippen molar-refractivity contribution in [2.45, 2.75) is 52.4 Å². The van der Waals surface area contributed by atoms with E-state index in [1.807, 2.05) is 41.5 Å². The van der Waals surface area contributed by atoms with E-state index in [9.17, 15) is 15.0 Å². The summed E-state index contributed by atoms with van der Waals surface area (Å²) in [5, 5.41) is 23.4. The number of nitrogen functional groups attached to an aromatic ring is 1. The van der Waals surface area contributed by atoms with Crippen LogP contribution in [-0.4, -0.2) is 16.1 Å². The lowest BCUT2D eigenvalue weighted by Crippen LogP contribution is -2.19. The molecule has 0 bridgehead atoms. The van der Waals surface area contributed by atoms with Crippen molar-refractivity contribution < 1.29 is 15.0 Å². The Balaban J connectivity index is 2.49. The normalized spacial score (nSPS) is 11.9. The average Bonchev–Trinajstić information content (AvgIpc) is 2.55. The maximum absolute atomic E-state index is 12.8. The highest BCUT2D eigenvalue weighted by Crippen LogP contribution is 2.41. The van der Waals surface area contributed by atoms with E-state index in [0.29, 0.717) is 11.3 Å². The van der Waals surface area contributed by atoms with Crippen molar-refractivity contribution >= 4 is 22.9 Å². The third-order valence-corrected chi connectivity index (χ3v) is 4.62. The molecule has 5 heteroatoms. The van der Waals surface area contributed by atoms with Crippen molar-refractivity contribution in [1.82, 2.24) is 0 Å². The second-order valence-corrected chi connectivity index (χ2v) is 9.13. The van der Waals surface area contributed by atoms with Gasteiger partial charge in [-0.3, -0.25) is 4.79 Å². The quantitative estimate of drug-likeness (QED) is 0.262. The number of phenolic OH excluding ortho intramolecular Hbond substituents is 2. The molecule has 28 heavy (non-hydrogen) atoms. The number of phenols is 2. The summed E-state index contributed by atoms with van der Waals surface area (Å²) in [6.45, 7) is 16.0. The van der Waals surface area contributed by atoms with Crippen molar-refractivity contribution in [3.63, 3.8) is 0 Å². The lowest BCUT2D eigenvalue weighted by atomic mass is 9.77. The molecule has 0 heterocycles. The van der Waals surface area contributed by atoms with Gasteiger partial charge < -0.3 is 21.3 Å². The molecule has 0 aliphatic rings. The molecule has 150 valence electrons. The minimum atomic E-state index is -0.452. The lowest BCUT2D eigenvalue weighted by Gasteiger charge is -2.28. The zero-order valence-corrected chi connectivity index (χ0v) is 17.5. The molecular formula is C23H30N2O3. The number of hydrogen-bond donors (Lipinski definition) is 4. The molecule has 2 aromatic carbocycles. The highest BCUT2D eigenvalue weighted by atomic mass is 16.3. The van der Waals surface area contributed by atoms with Gasteiger partial charge in [0.1, 0.15) is 11.5 Å². The average molecular weight is 383 g/mol. The van der Waals surface area contributed by atoms with E-state index in [-0.39, 0.29) is 33.6 Å². The monoisotopic (exact) mass is 382 g/mol. The summed E-state index contributed by atoms with van der Waals surface area (Å²) >= 11 is 0. The summed E-state index contributed by atoms with van der Waals surface area (Å²) in [5.41, 5.74) is 8.09. The molecule has 0 fully saturated rings. The number of nitrogens with one attached hydrogen (secondary N) is 1. The van der Waals surface area contributed by atoms with Crippen LogP contribution in [0.3, 0.4) is 0 Å². The SMILES string of the molecule is C=C(C(=O)Nc1cc(N)ccc1O)c1cc(C(C)(C)C)c(O)c(C(C)(C)C)c1. The number of benzene rings is 2. The van der Waals surface area contributed by atoms with Crippen molar-refractivity contribution in [2.24, 2.45) is 0 Å². The first-order valence-corrected chi connectivity index (χ1v) is 9.19. The predicted octanol–water partition coefficient (Wildman–Crippen LogP) is 4.93. The van der Waals surface area contributed by atoms with Crippen LogP contribution in [0.25, 0.3) is 5.57 Å². The number of rotatable bonds is 3. The minimum absolute atomic E-state index is 0.0770. The predicted molar refractivity (Wildman–Crippen MR) is 116 cm³/mol. The van der Waals surface area contributed by atoms with Gasteiger partial charge in [0.05, 0.1) is 5.69 Å². The Morgan fingerprint density at radius 2 is 1.46 bits per heavy atom. The Kier molecular flexibility index (Phi) is 5.51. The van der Waals surface area contributed by atoms with Crippen LogP contribution in [0.2, 0.25) is 0 Å². The summed E-state index contributed by atoms with van der Waals surface area (Å²) in [5.74, 6) is -0.288. The van der Waals surface area contributed by atoms with Gasteiger partial charge in [-0.2, -0.15) is 0 Å². The summed E-state index contributed by atoms with van der Waals surface area (Å²) in [4.78, 5) is 12.8. The van der Waals surface area contributed by atoms with Crippen LogP contribution in [0.4, 0.5) is 11.4 Å². The number of carbonyl (C=O) groups is 1. The second-order valence-electron chi connectivity index (χ2n) is 9.13. The molecule has 0 radical (unpaired) electrons. The standard InChI is InChI=1S/C23H30N2O3/c1-13(21(28)25-18-12-15(24)8-9-19(18)26)14-10-16(22(2,3)4)20(27)17(11-14)23(5,6)7/h8-12,26-27H,1,24H2,2-7H3,(H,25,28). The molecule has 0 atom stereocenters. The number of anilines is 2. The summed E-state index contributed by atoms with van der Waals surface area (Å²) in [6.07, 6.45) is 0. The number of hydrogen-bond acceptors (Lipinski definition) is 4. The van der Waals surface area contributed by atoms with Crippen LogP contribution in [-0.2, 0) is 15.6 Å². The van der Waals surface area contributed by atoms with Crippen LogP contribution >= 0.6 is 0 Å². The molecular weight excluding hydrogens is 352 g/mol. The topological polar surface area (TPSA) is 95.6 Å². The van der Waals surface area contributed by atoms with Gasteiger partial charge in [0.2, 0.25) is 0 Å². The van der Waals surface area contributed by atoms with Gasteiger partial charge in [-0.15, -0.1) is 0 Å². The highest BCUT2D eigenvalue weighted by molar-refractivity contribution is 6.25. The van der Waals surface area contributed by atoms with Gasteiger partial charge in [0, 0.05) is 22.4 Å². The molecule has 0 aliphatic carbocycles. The van der Waals surface area contributed by atoms with Gasteiger partial charge in [-0.05, 0) is 46.7 Å². The molecule has 2 aromatic rings. The van der Waals surface area contributed by atoms with Crippen molar-refractivity contribution in [1.29, 1.82) is 0 Å². The molecule has 5 nitrogen and oxygen atoms in total. The van der Waals surface area contributed by atoms with Crippen molar-refractivity contribution in [3.05, 3.63) is 53.6 Å². The molecule has 0 saturated carbocycles. The highest BCUT2D eigenvalue weighted by Gasteiger charge is 2.27. The smallest absolute Gasteiger partial charge is 0.255 e. The first-order valence-electron chi connectivity index (χ1n) is 9.19. The van der Waals surface area contributed by atoms with Crippen LogP contribution in [0, 0.1) is 0 Å². The molecule has 5 N–H and O–H groups in total. The Labute approximate surface area is 166 Å². The largest absolute Gasteiger partial charge is 0.507 e. The maximum Gasteiger partial charge on any atom is 0.255 e. The van der Waals surface area contributed by atoms with Crippen LogP contribution < -0.4 is 11.1 Å². The van der Waals surface area contributed by atoms with Crippen molar-refractivity contribution in [2.75, 3.05) is 11.1 Å². The van der Waals surface area contributed by atoms with Gasteiger partial charge in [0.15, 0.2) is 0 Å². The summed E-state index contributed by atoms with van der Waals surface area (Å²) in [6, 6.07) is 8.05. The Morgan fingerprint density at radius 3 is 1.93 bits per heavy atom. The van der Waals surface area contributed by atoms with Gasteiger partial charge in [-0.1, -0.05) is 48.1 Å². The van der Waals surface area contributed by atoms with Gasteiger partial charge >= 0.3 is 0 Å². The Morgan fingerprint density at radius 1 is 0.964 bits per heavy atom. The third-order valence-electron chi connectivity index (χ3n) is 4.62. The van der Waals surface area contributed by atoms with E-state index >= 15 is 0 Å². The molecule has 0 saturated heterocycles. The fraction of sp³-hybridized carbons (Fsp3) is 0.348. The number of aromatic hydroxyl groups is 2. The molecule has 2 rings (SSSR count). The van der Waals surface area contributed by atoms with Gasteiger partial charge in [-0.25, -0.2) is 0 Å². The van der Waals surface area contributed by atoms with Gasteiger partial charge in [0.25, 0.3) is 5.91 Å². The third kappa shape index (κ3) is 4.47. The van der Waals surface area contributed by atoms with E-state index in [1.165, 1.54) is 12.1 Å². The zero-order valence-electron chi connectivity index (χ0n) is 17.5. The molecule has 0 aromatic heterocycles. The van der Waals surface area contributed by atoms with Crippen LogP contribution in [0.15, 0.2) is 36.9 Å². The molecule has 0 spiro atoms. The minimum Gasteiger partial charge on any atom is -0.507 e. The lowest BCUT2D eigenvalue weighted by molar-refractivity contribution is -0.111. The van der Waals surface area contributed by atoms with E-state index in [1.54, 1.807) is 18.2 Å². The molecule has 0 aliphatic heterocycles. The Hall–Kier alpha value is -2.95. The molecule has 1 amide bonds. The first kappa shape index (κ1) is 21.4. The Bertz CT molecular complexity index is 897. The fourth-order valence-corrected chi connectivity index (χ4v) is 2.93. The number of amides is 1. The van der Waals surface area contributed by atoms with E-state index in [0.717, 1.165) is 11.1 Å². The van der Waals surface area contributed by atoms with Crippen LogP contribution in [0.1, 0.15) is 58.2 Å². The number of nitrogens with two attached hydrogens (primary N) is 1. The van der Waals surface area contributed by atoms with Crippen molar-refractivity contribution in [3.8, 4) is 11.5 Å². The zero-order chi connectivity index (χ0) is 21.4. The maximum atomic E-state index is 12.8. The first-order chi connectivity index (χ1) is 12.7. The van der Waals surface area contributed by atoms with E-state index in [2.05, 4.69) is 11.9 Å². The van der Waals surface area contributed by atoms with E-state index < -0.39 is 5.91 Å².